The fraction of sp³-hybridized carbons (Fsp3) is 0.391. The Morgan fingerprint density at radius 3 is 2.82 bits per heavy atom. The molecule has 2 aromatic carbocycles. The zero-order valence-electron chi connectivity index (χ0n) is 15.8. The first-order valence-corrected chi connectivity index (χ1v) is 10.2. The smallest absolute Gasteiger partial charge is 0.227 e. The van der Waals surface area contributed by atoms with E-state index in [2.05, 4.69) is 22.8 Å². The molecule has 1 atom stereocenters. The first-order valence-electron chi connectivity index (χ1n) is 10.2. The normalized spacial score (nSPS) is 20.9. The molecule has 0 bridgehead atoms. The number of ether oxygens (including phenoxy) is 1. The maximum atomic E-state index is 12.4. The minimum atomic E-state index is 0.00789. The van der Waals surface area contributed by atoms with Crippen molar-refractivity contribution in [2.24, 2.45) is 5.92 Å². The zero-order valence-corrected chi connectivity index (χ0v) is 15.8. The molecule has 0 spiro atoms. The number of hydrogen-bond donors (Lipinski definition) is 2. The molecule has 3 aliphatic rings. The fourth-order valence-electron chi connectivity index (χ4n) is 4.70. The SMILES string of the molecule is O=C1CC(c2ccc3c(c2)CCO3)c2ccc(NC(=O)C3CCCC3)cc2N1. The highest BCUT2D eigenvalue weighted by atomic mass is 16.5. The third-order valence-electron chi connectivity index (χ3n) is 6.20. The standard InChI is InChI=1S/C23H24N2O3/c26-22-13-19(15-5-8-21-16(11-15)9-10-28-21)18-7-6-17(12-20(18)25-22)24-23(27)14-3-1-2-4-14/h5-8,11-12,14,19H,1-4,9-10,13H2,(H,24,27)(H,25,26). The Morgan fingerprint density at radius 2 is 1.96 bits per heavy atom. The number of rotatable bonds is 3. The molecule has 2 heterocycles. The van der Waals surface area contributed by atoms with E-state index >= 15 is 0 Å². The van der Waals surface area contributed by atoms with Crippen molar-refractivity contribution in [3.05, 3.63) is 53.1 Å². The summed E-state index contributed by atoms with van der Waals surface area (Å²) in [5, 5.41) is 6.01. The Hall–Kier alpha value is -2.82. The molecular formula is C23H24N2O3. The van der Waals surface area contributed by atoms with E-state index in [1.54, 1.807) is 0 Å². The Labute approximate surface area is 164 Å². The molecule has 2 amide bonds. The maximum Gasteiger partial charge on any atom is 0.227 e. The lowest BCUT2D eigenvalue weighted by molar-refractivity contribution is -0.119. The van der Waals surface area contributed by atoms with Crippen LogP contribution in [0.3, 0.4) is 0 Å². The largest absolute Gasteiger partial charge is 0.493 e. The molecule has 2 N–H and O–H groups in total. The maximum absolute atomic E-state index is 12.4. The van der Waals surface area contributed by atoms with E-state index in [1.807, 2.05) is 24.3 Å². The minimum Gasteiger partial charge on any atom is -0.493 e. The van der Waals surface area contributed by atoms with Gasteiger partial charge in [-0.25, -0.2) is 0 Å². The molecule has 0 aromatic heterocycles. The average molecular weight is 376 g/mol. The van der Waals surface area contributed by atoms with Crippen LogP contribution in [0.15, 0.2) is 36.4 Å². The molecule has 0 saturated heterocycles. The topological polar surface area (TPSA) is 67.4 Å². The van der Waals surface area contributed by atoms with Gasteiger partial charge in [-0.1, -0.05) is 31.0 Å². The van der Waals surface area contributed by atoms with Gasteiger partial charge in [-0.05, 0) is 47.7 Å². The first kappa shape index (κ1) is 17.3. The summed E-state index contributed by atoms with van der Waals surface area (Å²) in [7, 11) is 0. The van der Waals surface area contributed by atoms with Gasteiger partial charge in [-0.2, -0.15) is 0 Å². The van der Waals surface area contributed by atoms with Crippen LogP contribution in [0.2, 0.25) is 0 Å². The molecule has 5 nitrogen and oxygen atoms in total. The van der Waals surface area contributed by atoms with Crippen molar-refractivity contribution in [3.63, 3.8) is 0 Å². The Kier molecular flexibility index (Phi) is 4.30. The third-order valence-corrected chi connectivity index (χ3v) is 6.20. The van der Waals surface area contributed by atoms with Gasteiger partial charge in [0.15, 0.2) is 0 Å². The van der Waals surface area contributed by atoms with Crippen LogP contribution in [0.4, 0.5) is 11.4 Å². The van der Waals surface area contributed by atoms with Gasteiger partial charge >= 0.3 is 0 Å². The van der Waals surface area contributed by atoms with Gasteiger partial charge in [-0.3, -0.25) is 9.59 Å². The summed E-state index contributed by atoms with van der Waals surface area (Å²) in [6, 6.07) is 12.1. The average Bonchev–Trinajstić information content (AvgIpc) is 3.38. The van der Waals surface area contributed by atoms with Crippen LogP contribution < -0.4 is 15.4 Å². The third kappa shape index (κ3) is 3.15. The van der Waals surface area contributed by atoms with Crippen LogP contribution >= 0.6 is 0 Å². The lowest BCUT2D eigenvalue weighted by Gasteiger charge is -2.27. The lowest BCUT2D eigenvalue weighted by atomic mass is 9.84. The molecule has 1 unspecified atom stereocenters. The van der Waals surface area contributed by atoms with E-state index in [1.165, 1.54) is 5.56 Å². The number of benzene rings is 2. The van der Waals surface area contributed by atoms with Gasteiger partial charge in [0, 0.05) is 36.1 Å². The second-order valence-corrected chi connectivity index (χ2v) is 8.04. The molecular weight excluding hydrogens is 352 g/mol. The highest BCUT2D eigenvalue weighted by Gasteiger charge is 2.28. The van der Waals surface area contributed by atoms with Crippen LogP contribution in [-0.4, -0.2) is 18.4 Å². The molecule has 2 aliphatic heterocycles. The minimum absolute atomic E-state index is 0.00789. The van der Waals surface area contributed by atoms with Crippen LogP contribution in [-0.2, 0) is 16.0 Å². The van der Waals surface area contributed by atoms with Crippen molar-refractivity contribution in [2.45, 2.75) is 44.4 Å². The molecule has 144 valence electrons. The molecule has 5 rings (SSSR count). The molecule has 5 heteroatoms. The number of carbonyl (C=O) groups excluding carboxylic acids is 2. The summed E-state index contributed by atoms with van der Waals surface area (Å²) in [6.45, 7) is 0.727. The van der Waals surface area contributed by atoms with E-state index in [0.717, 1.165) is 67.0 Å². The zero-order chi connectivity index (χ0) is 19.1. The predicted molar refractivity (Wildman–Crippen MR) is 108 cm³/mol. The summed E-state index contributed by atoms with van der Waals surface area (Å²) in [5.74, 6) is 1.19. The highest BCUT2D eigenvalue weighted by molar-refractivity contribution is 5.98. The Bertz CT molecular complexity index is 947. The quantitative estimate of drug-likeness (QED) is 0.843. The monoisotopic (exact) mass is 376 g/mol. The fourth-order valence-corrected chi connectivity index (χ4v) is 4.70. The first-order chi connectivity index (χ1) is 13.7. The van der Waals surface area contributed by atoms with E-state index < -0.39 is 0 Å². The molecule has 1 aliphatic carbocycles. The summed E-state index contributed by atoms with van der Waals surface area (Å²) in [4.78, 5) is 24.8. The van der Waals surface area contributed by atoms with Crippen molar-refractivity contribution in [3.8, 4) is 5.75 Å². The highest BCUT2D eigenvalue weighted by Crippen LogP contribution is 2.40. The van der Waals surface area contributed by atoms with Crippen LogP contribution in [0, 0.1) is 5.92 Å². The molecule has 1 fully saturated rings. The van der Waals surface area contributed by atoms with Crippen molar-refractivity contribution < 1.29 is 14.3 Å². The number of fused-ring (bicyclic) bond motifs is 2. The summed E-state index contributed by atoms with van der Waals surface area (Å²) >= 11 is 0. The Morgan fingerprint density at radius 1 is 1.11 bits per heavy atom. The second kappa shape index (κ2) is 6.97. The van der Waals surface area contributed by atoms with Gasteiger partial charge < -0.3 is 15.4 Å². The second-order valence-electron chi connectivity index (χ2n) is 8.04. The van der Waals surface area contributed by atoms with E-state index in [-0.39, 0.29) is 23.7 Å². The molecule has 28 heavy (non-hydrogen) atoms. The van der Waals surface area contributed by atoms with Gasteiger partial charge in [0.2, 0.25) is 11.8 Å². The number of hydrogen-bond acceptors (Lipinski definition) is 3. The van der Waals surface area contributed by atoms with Gasteiger partial charge in [-0.15, -0.1) is 0 Å². The number of nitrogens with one attached hydrogen (secondary N) is 2. The number of amides is 2. The van der Waals surface area contributed by atoms with Gasteiger partial charge in [0.1, 0.15) is 5.75 Å². The van der Waals surface area contributed by atoms with Crippen molar-refractivity contribution in [1.29, 1.82) is 0 Å². The van der Waals surface area contributed by atoms with Gasteiger partial charge in [0.05, 0.1) is 6.61 Å². The molecule has 1 saturated carbocycles. The van der Waals surface area contributed by atoms with Crippen molar-refractivity contribution >= 4 is 23.2 Å². The summed E-state index contributed by atoms with van der Waals surface area (Å²) in [5.41, 5.74) is 4.99. The van der Waals surface area contributed by atoms with E-state index in [4.69, 9.17) is 4.74 Å². The number of anilines is 2. The lowest BCUT2D eigenvalue weighted by Crippen LogP contribution is -2.24. The summed E-state index contributed by atoms with van der Waals surface area (Å²) in [6.07, 6.45) is 5.55. The van der Waals surface area contributed by atoms with E-state index in [9.17, 15) is 9.59 Å². The molecule has 2 aromatic rings. The van der Waals surface area contributed by atoms with Crippen LogP contribution in [0.25, 0.3) is 0 Å². The van der Waals surface area contributed by atoms with Crippen LogP contribution in [0.1, 0.15) is 54.7 Å². The summed E-state index contributed by atoms with van der Waals surface area (Å²) < 4.78 is 5.61. The van der Waals surface area contributed by atoms with E-state index in [0.29, 0.717) is 6.42 Å². The van der Waals surface area contributed by atoms with Crippen molar-refractivity contribution in [1.82, 2.24) is 0 Å². The Balaban J connectivity index is 1.42. The van der Waals surface area contributed by atoms with Crippen LogP contribution in [0.5, 0.6) is 5.75 Å². The predicted octanol–water partition coefficient (Wildman–Crippen LogP) is 4.22. The van der Waals surface area contributed by atoms with Crippen molar-refractivity contribution in [2.75, 3.05) is 17.2 Å². The molecule has 0 radical (unpaired) electrons. The van der Waals surface area contributed by atoms with Gasteiger partial charge in [0.25, 0.3) is 0 Å². The number of carbonyl (C=O) groups is 2.